The number of carbonyl (C=O) groups excluding carboxylic acids is 3. The highest BCUT2D eigenvalue weighted by Gasteiger charge is 2.19. The van der Waals surface area contributed by atoms with E-state index in [0.29, 0.717) is 19.3 Å². The zero-order chi connectivity index (χ0) is 59.9. The van der Waals surface area contributed by atoms with Crippen LogP contribution in [0.2, 0.25) is 0 Å². The monoisotopic (exact) mass is 1160 g/mol. The Morgan fingerprint density at radius 3 is 0.759 bits per heavy atom. The molecular formula is C77H140O6. The zero-order valence-corrected chi connectivity index (χ0v) is 55.7. The molecule has 1 unspecified atom stereocenters. The first kappa shape index (κ1) is 80.1. The van der Waals surface area contributed by atoms with E-state index in [1.165, 1.54) is 263 Å². The maximum Gasteiger partial charge on any atom is 0.306 e. The molecule has 0 N–H and O–H groups in total. The van der Waals surface area contributed by atoms with E-state index in [-0.39, 0.29) is 31.1 Å². The standard InChI is InChI=1S/C77H140O6/c1-4-7-10-13-16-19-22-25-27-29-31-33-35-36-37-38-39-40-42-43-45-47-49-52-55-58-61-64-67-70-76(79)82-73-74(72-81-75(78)69-66-63-60-57-54-51-24-21-18-15-12-9-6-3)83-77(80)71-68-65-62-59-56-53-50-48-46-44-41-34-32-30-28-26-23-20-17-14-11-8-5-2/h8,11,17,20-21,24,26,28,32,34,74H,4-7,9-10,12-16,18-19,22-23,25,27,29-31,33,35-73H2,1-3H3/b11-8-,20-17-,24-21-,28-26-,34-32-. The van der Waals surface area contributed by atoms with Crippen LogP contribution in [0, 0.1) is 0 Å². The molecule has 0 radical (unpaired) electrons. The summed E-state index contributed by atoms with van der Waals surface area (Å²) >= 11 is 0. The van der Waals surface area contributed by atoms with Crippen LogP contribution in [0.5, 0.6) is 0 Å². The van der Waals surface area contributed by atoms with Crippen molar-refractivity contribution in [1.82, 2.24) is 0 Å². The fraction of sp³-hybridized carbons (Fsp3) is 0.831. The third-order valence-corrected chi connectivity index (χ3v) is 16.5. The van der Waals surface area contributed by atoms with E-state index >= 15 is 0 Å². The number of ether oxygens (including phenoxy) is 3. The van der Waals surface area contributed by atoms with Crippen LogP contribution in [-0.2, 0) is 28.6 Å². The van der Waals surface area contributed by atoms with Gasteiger partial charge in [0.25, 0.3) is 0 Å². The van der Waals surface area contributed by atoms with Crippen LogP contribution in [0.15, 0.2) is 60.8 Å². The van der Waals surface area contributed by atoms with Gasteiger partial charge in [0.1, 0.15) is 13.2 Å². The van der Waals surface area contributed by atoms with Crippen molar-refractivity contribution in [3.05, 3.63) is 60.8 Å². The van der Waals surface area contributed by atoms with Crippen LogP contribution in [-0.4, -0.2) is 37.2 Å². The second-order valence-electron chi connectivity index (χ2n) is 24.8. The van der Waals surface area contributed by atoms with Crippen LogP contribution in [0.4, 0.5) is 0 Å². The molecule has 0 aliphatic carbocycles. The molecule has 0 spiro atoms. The molecule has 484 valence electrons. The van der Waals surface area contributed by atoms with Gasteiger partial charge in [0.05, 0.1) is 0 Å². The molecule has 0 heterocycles. The van der Waals surface area contributed by atoms with Gasteiger partial charge < -0.3 is 14.2 Å². The molecule has 0 saturated carbocycles. The Morgan fingerprint density at radius 1 is 0.253 bits per heavy atom. The summed E-state index contributed by atoms with van der Waals surface area (Å²) in [5.41, 5.74) is 0. The molecule has 0 aromatic rings. The number of hydrogen-bond acceptors (Lipinski definition) is 6. The molecule has 0 amide bonds. The van der Waals surface area contributed by atoms with Crippen LogP contribution < -0.4 is 0 Å². The van der Waals surface area contributed by atoms with Crippen molar-refractivity contribution in [3.8, 4) is 0 Å². The van der Waals surface area contributed by atoms with E-state index in [1.807, 2.05) is 0 Å². The number of rotatable bonds is 68. The maximum atomic E-state index is 13.0. The molecule has 0 fully saturated rings. The van der Waals surface area contributed by atoms with Gasteiger partial charge in [-0.15, -0.1) is 0 Å². The Morgan fingerprint density at radius 2 is 0.470 bits per heavy atom. The van der Waals surface area contributed by atoms with Gasteiger partial charge in [-0.2, -0.15) is 0 Å². The van der Waals surface area contributed by atoms with Crippen LogP contribution in [0.1, 0.15) is 393 Å². The number of carbonyl (C=O) groups is 3. The van der Waals surface area contributed by atoms with Crippen molar-refractivity contribution in [3.63, 3.8) is 0 Å². The van der Waals surface area contributed by atoms with Crippen LogP contribution in [0.25, 0.3) is 0 Å². The lowest BCUT2D eigenvalue weighted by Crippen LogP contribution is -2.30. The van der Waals surface area contributed by atoms with E-state index in [1.54, 1.807) is 0 Å². The molecule has 1 atom stereocenters. The Hall–Kier alpha value is -2.89. The highest BCUT2D eigenvalue weighted by molar-refractivity contribution is 5.71. The van der Waals surface area contributed by atoms with E-state index in [0.717, 1.165) is 89.9 Å². The molecule has 0 rings (SSSR count). The fourth-order valence-electron chi connectivity index (χ4n) is 11.0. The lowest BCUT2D eigenvalue weighted by Gasteiger charge is -2.18. The largest absolute Gasteiger partial charge is 0.462 e. The zero-order valence-electron chi connectivity index (χ0n) is 55.7. The van der Waals surface area contributed by atoms with Crippen LogP contribution >= 0.6 is 0 Å². The number of hydrogen-bond donors (Lipinski definition) is 0. The third-order valence-electron chi connectivity index (χ3n) is 16.5. The number of unbranched alkanes of at least 4 members (excludes halogenated alkanes) is 47. The van der Waals surface area contributed by atoms with Gasteiger partial charge in [-0.3, -0.25) is 14.4 Å². The first-order chi connectivity index (χ1) is 41.0. The highest BCUT2D eigenvalue weighted by Crippen LogP contribution is 2.19. The first-order valence-electron chi connectivity index (χ1n) is 36.8. The molecule has 6 heteroatoms. The summed E-state index contributed by atoms with van der Waals surface area (Å²) in [5, 5.41) is 0. The van der Waals surface area contributed by atoms with E-state index in [4.69, 9.17) is 14.2 Å². The Bertz CT molecular complexity index is 1470. The van der Waals surface area contributed by atoms with E-state index in [9.17, 15) is 14.4 Å². The van der Waals surface area contributed by atoms with Gasteiger partial charge >= 0.3 is 17.9 Å². The second-order valence-corrected chi connectivity index (χ2v) is 24.8. The normalized spacial score (nSPS) is 12.4. The Kier molecular flexibility index (Phi) is 69.1. The molecule has 0 bridgehead atoms. The molecule has 0 aromatic heterocycles. The lowest BCUT2D eigenvalue weighted by molar-refractivity contribution is -0.167. The summed E-state index contributed by atoms with van der Waals surface area (Å²) in [5.74, 6) is -0.863. The van der Waals surface area contributed by atoms with Crippen molar-refractivity contribution in [1.29, 1.82) is 0 Å². The predicted molar refractivity (Wildman–Crippen MR) is 362 cm³/mol. The van der Waals surface area contributed by atoms with Gasteiger partial charge in [0.15, 0.2) is 6.10 Å². The minimum Gasteiger partial charge on any atom is -0.462 e. The Balaban J connectivity index is 4.20. The van der Waals surface area contributed by atoms with Crippen molar-refractivity contribution in [2.45, 2.75) is 399 Å². The molecule has 0 saturated heterocycles. The van der Waals surface area contributed by atoms with Gasteiger partial charge in [-0.05, 0) is 83.5 Å². The van der Waals surface area contributed by atoms with Crippen molar-refractivity contribution >= 4 is 17.9 Å². The fourth-order valence-corrected chi connectivity index (χ4v) is 11.0. The highest BCUT2D eigenvalue weighted by atomic mass is 16.6. The average molecular weight is 1160 g/mol. The number of allylic oxidation sites excluding steroid dienone is 10. The van der Waals surface area contributed by atoms with E-state index < -0.39 is 6.10 Å². The topological polar surface area (TPSA) is 78.9 Å². The Labute approximate surface area is 517 Å². The van der Waals surface area contributed by atoms with Gasteiger partial charge in [-0.25, -0.2) is 0 Å². The van der Waals surface area contributed by atoms with Crippen molar-refractivity contribution in [2.75, 3.05) is 13.2 Å². The molecule has 0 aliphatic rings. The van der Waals surface area contributed by atoms with E-state index in [2.05, 4.69) is 81.5 Å². The summed E-state index contributed by atoms with van der Waals surface area (Å²) in [6.07, 6.45) is 92.7. The summed E-state index contributed by atoms with van der Waals surface area (Å²) in [7, 11) is 0. The summed E-state index contributed by atoms with van der Waals surface area (Å²) in [6, 6.07) is 0. The van der Waals surface area contributed by atoms with Gasteiger partial charge in [-0.1, -0.05) is 351 Å². The SMILES string of the molecule is CC/C=C\C/C=C\C/C=C\C/C=C\CCCCCCCCCCCCC(=O)OC(COC(=O)CCCCCCC/C=C\CCCCCC)COC(=O)CCCCCCCCCCCCCCCCCCCCCCCCCCCCCCC. The lowest BCUT2D eigenvalue weighted by atomic mass is 10.0. The van der Waals surface area contributed by atoms with Crippen LogP contribution in [0.3, 0.4) is 0 Å². The summed E-state index contributed by atoms with van der Waals surface area (Å²) < 4.78 is 17.0. The molecular weight excluding hydrogens is 1020 g/mol. The molecule has 0 aliphatic heterocycles. The maximum absolute atomic E-state index is 13.0. The predicted octanol–water partition coefficient (Wildman–Crippen LogP) is 25.5. The third kappa shape index (κ3) is 69.8. The average Bonchev–Trinajstić information content (AvgIpc) is 3.49. The van der Waals surface area contributed by atoms with Gasteiger partial charge in [0.2, 0.25) is 0 Å². The molecule has 6 nitrogen and oxygen atoms in total. The van der Waals surface area contributed by atoms with Gasteiger partial charge in [0, 0.05) is 19.3 Å². The molecule has 0 aromatic carbocycles. The van der Waals surface area contributed by atoms with Crippen molar-refractivity contribution < 1.29 is 28.6 Å². The first-order valence-corrected chi connectivity index (χ1v) is 36.8. The number of esters is 3. The quantitative estimate of drug-likeness (QED) is 0.0261. The second kappa shape index (κ2) is 71.6. The summed E-state index contributed by atoms with van der Waals surface area (Å²) in [6.45, 7) is 6.57. The minimum absolute atomic E-state index is 0.0744. The summed E-state index contributed by atoms with van der Waals surface area (Å²) in [4.78, 5) is 38.5. The minimum atomic E-state index is -0.780. The molecule has 83 heavy (non-hydrogen) atoms. The smallest absolute Gasteiger partial charge is 0.306 e. The van der Waals surface area contributed by atoms with Crippen molar-refractivity contribution in [2.24, 2.45) is 0 Å².